The lowest BCUT2D eigenvalue weighted by Gasteiger charge is -2.37. The molecular formula is C22H22Br2ClN2O2P. The summed E-state index contributed by atoms with van der Waals surface area (Å²) < 4.78 is 19.4. The molecule has 0 amide bonds. The van der Waals surface area contributed by atoms with Gasteiger partial charge in [0.2, 0.25) is 0 Å². The first-order valence-electron chi connectivity index (χ1n) is 9.17. The van der Waals surface area contributed by atoms with Gasteiger partial charge < -0.3 is 9.26 Å². The van der Waals surface area contributed by atoms with Gasteiger partial charge in [-0.3, -0.25) is 4.98 Å². The van der Waals surface area contributed by atoms with Crippen LogP contribution >= 0.6 is 50.7 Å². The highest BCUT2D eigenvalue weighted by Gasteiger charge is 2.39. The number of aromatic nitrogens is 1. The van der Waals surface area contributed by atoms with E-state index in [1.165, 1.54) is 0 Å². The molecule has 0 fully saturated rings. The molecule has 1 heterocycles. The molecule has 0 aliphatic rings. The van der Waals surface area contributed by atoms with Crippen LogP contribution in [0.2, 0.25) is 5.02 Å². The van der Waals surface area contributed by atoms with Gasteiger partial charge in [0.25, 0.3) is 0 Å². The van der Waals surface area contributed by atoms with Crippen molar-refractivity contribution in [2.75, 3.05) is 7.11 Å². The molecule has 4 nitrogen and oxygen atoms in total. The normalized spacial score (nSPS) is 13.4. The summed E-state index contributed by atoms with van der Waals surface area (Å²) in [5.41, 5.74) is 0.651. The van der Waals surface area contributed by atoms with Crippen LogP contribution in [0.1, 0.15) is 20.8 Å². The van der Waals surface area contributed by atoms with Gasteiger partial charge in [-0.1, -0.05) is 48.3 Å². The first kappa shape index (κ1) is 23.3. The molecule has 0 aliphatic heterocycles. The molecule has 0 saturated carbocycles. The second-order valence-corrected chi connectivity index (χ2v) is 13.1. The molecule has 0 N–H and O–H groups in total. The van der Waals surface area contributed by atoms with E-state index < -0.39 is 7.28 Å². The number of benzene rings is 2. The molecule has 0 bridgehead atoms. The SMILES string of the molecule is COc1ccc(Cl)cc1N=P(Oc1ccc(Br)cc1Br)(c1ccncc1)C(C)(C)C. The van der Waals surface area contributed by atoms with E-state index in [2.05, 4.69) is 57.6 Å². The molecule has 3 aromatic rings. The van der Waals surface area contributed by atoms with Gasteiger partial charge in [-0.2, -0.15) is 0 Å². The summed E-state index contributed by atoms with van der Waals surface area (Å²) >= 11 is 13.4. The number of ether oxygens (including phenoxy) is 1. The van der Waals surface area contributed by atoms with E-state index in [0.29, 0.717) is 22.2 Å². The minimum Gasteiger partial charge on any atom is -0.494 e. The minimum atomic E-state index is -2.68. The van der Waals surface area contributed by atoms with Gasteiger partial charge in [0.05, 0.1) is 11.6 Å². The van der Waals surface area contributed by atoms with Crippen LogP contribution in [0.4, 0.5) is 5.69 Å². The third-order valence-corrected chi connectivity index (χ3v) is 9.56. The van der Waals surface area contributed by atoms with Crippen LogP contribution in [0.3, 0.4) is 0 Å². The van der Waals surface area contributed by atoms with E-state index in [0.717, 1.165) is 14.2 Å². The Kier molecular flexibility index (Phi) is 7.34. The van der Waals surface area contributed by atoms with E-state index in [9.17, 15) is 0 Å². The number of halogens is 3. The molecular weight excluding hydrogens is 550 g/mol. The molecule has 8 heteroatoms. The van der Waals surface area contributed by atoms with Gasteiger partial charge in [-0.05, 0) is 64.5 Å². The average molecular weight is 573 g/mol. The third kappa shape index (κ3) is 4.94. The maximum atomic E-state index is 6.83. The van der Waals surface area contributed by atoms with Crippen molar-refractivity contribution in [3.8, 4) is 11.5 Å². The Morgan fingerprint density at radius 1 is 0.967 bits per heavy atom. The number of methoxy groups -OCH3 is 1. The summed E-state index contributed by atoms with van der Waals surface area (Å²) in [7, 11) is -1.05. The zero-order chi connectivity index (χ0) is 21.9. The molecule has 3 rings (SSSR count). The van der Waals surface area contributed by atoms with Crippen LogP contribution in [0.5, 0.6) is 11.5 Å². The highest BCUT2D eigenvalue weighted by atomic mass is 79.9. The third-order valence-electron chi connectivity index (χ3n) is 4.44. The van der Waals surface area contributed by atoms with Crippen LogP contribution in [0.15, 0.2) is 74.6 Å². The molecule has 1 atom stereocenters. The van der Waals surface area contributed by atoms with Crippen molar-refractivity contribution in [3.63, 3.8) is 0 Å². The molecule has 30 heavy (non-hydrogen) atoms. The highest BCUT2D eigenvalue weighted by molar-refractivity contribution is 9.11. The monoisotopic (exact) mass is 570 g/mol. The second-order valence-electron chi connectivity index (χ2n) is 7.53. The average Bonchev–Trinajstić information content (AvgIpc) is 2.69. The molecule has 158 valence electrons. The molecule has 0 spiro atoms. The minimum absolute atomic E-state index is 0.339. The molecule has 0 aliphatic carbocycles. The summed E-state index contributed by atoms with van der Waals surface area (Å²) in [5.74, 6) is 1.35. The van der Waals surface area contributed by atoms with Crippen LogP contribution < -0.4 is 14.6 Å². The predicted molar refractivity (Wildman–Crippen MR) is 133 cm³/mol. The summed E-state index contributed by atoms with van der Waals surface area (Å²) in [6.07, 6.45) is 3.53. The number of pyridine rings is 1. The van der Waals surface area contributed by atoms with Crippen LogP contribution in [-0.2, 0) is 0 Å². The standard InChI is InChI=1S/C22H22Br2ClN2O2P/c1-22(2,3)30(17-9-11-26-12-10-17,29-20-7-5-15(23)13-18(20)24)27-19-14-16(25)6-8-21(19)28-4/h5-14H,1-4H3. The Labute approximate surface area is 199 Å². The van der Waals surface area contributed by atoms with Crippen molar-refractivity contribution in [2.45, 2.75) is 25.9 Å². The van der Waals surface area contributed by atoms with Gasteiger partial charge in [0.1, 0.15) is 17.2 Å². The first-order chi connectivity index (χ1) is 14.2. The van der Waals surface area contributed by atoms with Crippen molar-refractivity contribution in [1.29, 1.82) is 0 Å². The number of hydrogen-bond donors (Lipinski definition) is 0. The first-order valence-corrected chi connectivity index (χ1v) is 12.8. The van der Waals surface area contributed by atoms with Gasteiger partial charge in [-0.15, -0.1) is 0 Å². The lowest BCUT2D eigenvalue weighted by molar-refractivity contribution is 0.416. The van der Waals surface area contributed by atoms with Gasteiger partial charge >= 0.3 is 0 Å². The Bertz CT molecular complexity index is 1100. The Hall–Kier alpha value is -1.33. The van der Waals surface area contributed by atoms with Crippen molar-refractivity contribution in [1.82, 2.24) is 4.98 Å². The number of hydrogen-bond acceptors (Lipinski definition) is 4. The lowest BCUT2D eigenvalue weighted by Crippen LogP contribution is -2.27. The maximum Gasteiger partial charge on any atom is 0.173 e. The molecule has 2 aromatic carbocycles. The molecule has 1 unspecified atom stereocenters. The van der Waals surface area contributed by atoms with E-state index in [1.807, 2.05) is 42.5 Å². The van der Waals surface area contributed by atoms with Crippen LogP contribution in [-0.4, -0.2) is 17.2 Å². The second kappa shape index (κ2) is 9.44. The Morgan fingerprint density at radius 3 is 2.23 bits per heavy atom. The molecule has 1 aromatic heterocycles. The summed E-state index contributed by atoms with van der Waals surface area (Å²) in [4.78, 5) is 4.19. The summed E-state index contributed by atoms with van der Waals surface area (Å²) in [5, 5.41) is 1.22. The van der Waals surface area contributed by atoms with Crippen molar-refractivity contribution >= 4 is 61.7 Å². The fourth-order valence-electron chi connectivity index (χ4n) is 2.94. The van der Waals surface area contributed by atoms with E-state index >= 15 is 0 Å². The predicted octanol–water partition coefficient (Wildman–Crippen LogP) is 8.22. The molecule has 0 radical (unpaired) electrons. The number of nitrogens with zero attached hydrogens (tertiary/aromatic N) is 2. The lowest BCUT2D eigenvalue weighted by atomic mass is 10.3. The van der Waals surface area contributed by atoms with Gasteiger partial charge in [-0.25, -0.2) is 4.74 Å². The highest BCUT2D eigenvalue weighted by Crippen LogP contribution is 2.63. The fourth-order valence-corrected chi connectivity index (χ4v) is 7.41. The fraction of sp³-hybridized carbons (Fsp3) is 0.227. The van der Waals surface area contributed by atoms with Crippen molar-refractivity contribution < 1.29 is 9.26 Å². The van der Waals surface area contributed by atoms with Crippen molar-refractivity contribution in [3.05, 3.63) is 74.9 Å². The smallest absolute Gasteiger partial charge is 0.173 e. The van der Waals surface area contributed by atoms with E-state index in [1.54, 1.807) is 25.6 Å². The number of rotatable bonds is 5. The van der Waals surface area contributed by atoms with Crippen LogP contribution in [0.25, 0.3) is 0 Å². The Morgan fingerprint density at radius 2 is 1.63 bits per heavy atom. The van der Waals surface area contributed by atoms with Crippen molar-refractivity contribution in [2.24, 2.45) is 4.74 Å². The molecule has 0 saturated heterocycles. The van der Waals surface area contributed by atoms with Gasteiger partial charge in [0, 0.05) is 32.3 Å². The zero-order valence-electron chi connectivity index (χ0n) is 17.1. The topological polar surface area (TPSA) is 43.7 Å². The van der Waals surface area contributed by atoms with E-state index in [4.69, 9.17) is 25.6 Å². The quantitative estimate of drug-likeness (QED) is 0.289. The largest absolute Gasteiger partial charge is 0.494 e. The maximum absolute atomic E-state index is 6.83. The summed E-state index contributed by atoms with van der Waals surface area (Å²) in [6, 6.07) is 15.2. The Balaban J connectivity index is 2.36. The zero-order valence-corrected chi connectivity index (χ0v) is 21.9. The van der Waals surface area contributed by atoms with E-state index in [-0.39, 0.29) is 5.16 Å². The van der Waals surface area contributed by atoms with Crippen LogP contribution in [0, 0.1) is 0 Å². The summed E-state index contributed by atoms with van der Waals surface area (Å²) in [6.45, 7) is 6.40. The van der Waals surface area contributed by atoms with Gasteiger partial charge in [0.15, 0.2) is 7.28 Å².